The molecule has 0 saturated carbocycles. The molecule has 0 fully saturated rings. The SMILES string of the molecule is c1ccc2c(c1)oc1ccc(-c3nc(-n4c5ccccc5c5c6c7ccccc7sc6c6ccccc6c54)nc4oc5ccccc5c34)cc12. The molecule has 0 bridgehead atoms. The van der Waals surface area contributed by atoms with E-state index in [0.717, 1.165) is 60.6 Å². The zero-order chi connectivity index (χ0) is 32.5. The number of thiophene rings is 1. The van der Waals surface area contributed by atoms with Gasteiger partial charge in [0.05, 0.1) is 22.1 Å². The molecule has 0 N–H and O–H groups in total. The molecule has 0 unspecified atom stereocenters. The van der Waals surface area contributed by atoms with E-state index in [0.29, 0.717) is 11.7 Å². The van der Waals surface area contributed by atoms with Gasteiger partial charge < -0.3 is 8.83 Å². The molecule has 50 heavy (non-hydrogen) atoms. The number of rotatable bonds is 2. The van der Waals surface area contributed by atoms with E-state index in [9.17, 15) is 0 Å². The highest BCUT2D eigenvalue weighted by atomic mass is 32.1. The fourth-order valence-corrected chi connectivity index (χ4v) is 9.37. The van der Waals surface area contributed by atoms with E-state index in [1.807, 2.05) is 47.7 Å². The van der Waals surface area contributed by atoms with Crippen LogP contribution in [-0.4, -0.2) is 14.5 Å². The van der Waals surface area contributed by atoms with Crippen molar-refractivity contribution in [2.75, 3.05) is 0 Å². The first kappa shape index (κ1) is 26.5. The van der Waals surface area contributed by atoms with Crippen molar-refractivity contribution < 1.29 is 8.83 Å². The first-order chi connectivity index (χ1) is 24.8. The lowest BCUT2D eigenvalue weighted by Crippen LogP contribution is -2.03. The third kappa shape index (κ3) is 3.40. The molecule has 12 rings (SSSR count). The van der Waals surface area contributed by atoms with Crippen LogP contribution in [0.25, 0.3) is 114 Å². The molecule has 0 saturated heterocycles. The van der Waals surface area contributed by atoms with E-state index in [1.165, 1.54) is 41.7 Å². The van der Waals surface area contributed by atoms with Gasteiger partial charge in [-0.15, -0.1) is 11.3 Å². The van der Waals surface area contributed by atoms with E-state index >= 15 is 0 Å². The van der Waals surface area contributed by atoms with Crippen LogP contribution in [0.2, 0.25) is 0 Å². The van der Waals surface area contributed by atoms with Crippen molar-refractivity contribution in [3.05, 3.63) is 140 Å². The Morgan fingerprint density at radius 1 is 0.480 bits per heavy atom. The number of benzene rings is 7. The van der Waals surface area contributed by atoms with Crippen LogP contribution >= 0.6 is 11.3 Å². The minimum absolute atomic E-state index is 0.556. The average molecular weight is 658 g/mol. The second-order valence-electron chi connectivity index (χ2n) is 12.9. The molecular formula is C44H23N3O2S. The number of furan rings is 2. The second kappa shape index (κ2) is 9.56. The Morgan fingerprint density at radius 2 is 1.14 bits per heavy atom. The van der Waals surface area contributed by atoms with E-state index in [-0.39, 0.29) is 0 Å². The quantitative estimate of drug-likeness (QED) is 0.186. The van der Waals surface area contributed by atoms with E-state index in [4.69, 9.17) is 18.8 Å². The van der Waals surface area contributed by atoms with Crippen molar-refractivity contribution in [3.63, 3.8) is 0 Å². The van der Waals surface area contributed by atoms with Gasteiger partial charge in [-0.2, -0.15) is 4.98 Å². The lowest BCUT2D eigenvalue weighted by molar-refractivity contribution is 0.651. The molecule has 232 valence electrons. The molecule has 6 heteroatoms. The normalized spacial score (nSPS) is 12.4. The summed E-state index contributed by atoms with van der Waals surface area (Å²) < 4.78 is 17.6. The number of fused-ring (bicyclic) bond motifs is 16. The molecule has 0 amide bonds. The molecule has 0 aliphatic heterocycles. The predicted molar refractivity (Wildman–Crippen MR) is 207 cm³/mol. The lowest BCUT2D eigenvalue weighted by atomic mass is 10.00. The van der Waals surface area contributed by atoms with Gasteiger partial charge in [0.15, 0.2) is 0 Å². The molecule has 0 aliphatic rings. The van der Waals surface area contributed by atoms with Crippen molar-refractivity contribution in [1.82, 2.24) is 14.5 Å². The summed E-state index contributed by atoms with van der Waals surface area (Å²) in [6, 6.07) is 48.8. The summed E-state index contributed by atoms with van der Waals surface area (Å²) in [7, 11) is 0. The maximum absolute atomic E-state index is 6.54. The Balaban J connectivity index is 1.27. The maximum Gasteiger partial charge on any atom is 0.238 e. The number of aromatic nitrogens is 3. The molecule has 12 aromatic rings. The predicted octanol–water partition coefficient (Wildman–Crippen LogP) is 12.6. The standard InChI is InChI=1S/C44H23N3O2S/c1-2-13-27-26(12-1)41-37(38-30-16-6-10-20-36(30)50-42(27)38)28-14-3-7-17-32(28)47(41)44-45-40(39-29-15-5-9-19-34(29)49-43(39)46-44)24-21-22-35-31(23-24)25-11-4-8-18-33(25)48-35/h1-23H. The van der Waals surface area contributed by atoms with Crippen molar-refractivity contribution in [3.8, 4) is 17.2 Å². The first-order valence-corrected chi connectivity index (χ1v) is 17.5. The fourth-order valence-electron chi connectivity index (χ4n) is 8.12. The largest absolute Gasteiger partial charge is 0.456 e. The van der Waals surface area contributed by atoms with Crippen LogP contribution < -0.4 is 0 Å². The van der Waals surface area contributed by atoms with Crippen molar-refractivity contribution in [2.45, 2.75) is 0 Å². The minimum atomic E-state index is 0.556. The highest BCUT2D eigenvalue weighted by molar-refractivity contribution is 7.27. The van der Waals surface area contributed by atoms with E-state index < -0.39 is 0 Å². The van der Waals surface area contributed by atoms with Crippen LogP contribution in [0.4, 0.5) is 0 Å². The van der Waals surface area contributed by atoms with Gasteiger partial charge >= 0.3 is 0 Å². The van der Waals surface area contributed by atoms with Gasteiger partial charge in [-0.1, -0.05) is 97.1 Å². The average Bonchev–Trinajstić information content (AvgIpc) is 3.93. The molecule has 5 heterocycles. The third-order valence-electron chi connectivity index (χ3n) is 10.2. The zero-order valence-electron chi connectivity index (χ0n) is 26.3. The van der Waals surface area contributed by atoms with Gasteiger partial charge in [-0.05, 0) is 42.5 Å². The third-order valence-corrected chi connectivity index (χ3v) is 11.4. The summed E-state index contributed by atoms with van der Waals surface area (Å²) >= 11 is 1.86. The Morgan fingerprint density at radius 3 is 2.00 bits per heavy atom. The minimum Gasteiger partial charge on any atom is -0.456 e. The summed E-state index contributed by atoms with van der Waals surface area (Å²) in [5.41, 5.74) is 6.98. The second-order valence-corrected chi connectivity index (χ2v) is 13.9. The van der Waals surface area contributed by atoms with Crippen LogP contribution in [0.15, 0.2) is 148 Å². The molecular weight excluding hydrogens is 635 g/mol. The molecule has 7 aromatic carbocycles. The number of hydrogen-bond donors (Lipinski definition) is 0. The molecule has 0 aliphatic carbocycles. The topological polar surface area (TPSA) is 57.0 Å². The Hall–Kier alpha value is -6.50. The van der Waals surface area contributed by atoms with Crippen LogP contribution in [0.3, 0.4) is 0 Å². The summed E-state index contributed by atoms with van der Waals surface area (Å²) in [5, 5.41) is 11.3. The van der Waals surface area contributed by atoms with Gasteiger partial charge in [-0.3, -0.25) is 4.57 Å². The molecule has 0 atom stereocenters. The summed E-state index contributed by atoms with van der Waals surface area (Å²) in [5.74, 6) is 0.568. The van der Waals surface area contributed by atoms with Gasteiger partial charge in [0.25, 0.3) is 0 Å². The molecule has 0 radical (unpaired) electrons. The Bertz CT molecular complexity index is 3400. The van der Waals surface area contributed by atoms with Crippen LogP contribution in [-0.2, 0) is 0 Å². The molecule has 0 spiro atoms. The zero-order valence-corrected chi connectivity index (χ0v) is 27.2. The van der Waals surface area contributed by atoms with Gasteiger partial charge in [-0.25, -0.2) is 4.98 Å². The summed E-state index contributed by atoms with van der Waals surface area (Å²) in [6.45, 7) is 0. The molecule has 5 aromatic heterocycles. The van der Waals surface area contributed by atoms with E-state index in [1.54, 1.807) is 0 Å². The van der Waals surface area contributed by atoms with E-state index in [2.05, 4.69) is 108 Å². The fraction of sp³-hybridized carbons (Fsp3) is 0. The number of hydrogen-bond acceptors (Lipinski definition) is 5. The maximum atomic E-state index is 6.54. The van der Waals surface area contributed by atoms with Crippen LogP contribution in [0.1, 0.15) is 0 Å². The highest BCUT2D eigenvalue weighted by Crippen LogP contribution is 2.48. The van der Waals surface area contributed by atoms with Crippen molar-refractivity contribution in [2.24, 2.45) is 0 Å². The number of nitrogens with zero attached hydrogens (tertiary/aromatic N) is 3. The number of para-hydroxylation sites is 3. The summed E-state index contributed by atoms with van der Waals surface area (Å²) in [4.78, 5) is 10.8. The smallest absolute Gasteiger partial charge is 0.238 e. The van der Waals surface area contributed by atoms with Crippen LogP contribution in [0, 0.1) is 0 Å². The van der Waals surface area contributed by atoms with Crippen molar-refractivity contribution in [1.29, 1.82) is 0 Å². The van der Waals surface area contributed by atoms with Gasteiger partial charge in [0.1, 0.15) is 16.7 Å². The monoisotopic (exact) mass is 657 g/mol. The summed E-state index contributed by atoms with van der Waals surface area (Å²) in [6.07, 6.45) is 0. The highest BCUT2D eigenvalue weighted by Gasteiger charge is 2.25. The van der Waals surface area contributed by atoms with Gasteiger partial charge in [0.2, 0.25) is 11.7 Å². The van der Waals surface area contributed by atoms with Crippen molar-refractivity contribution >= 4 is 108 Å². The van der Waals surface area contributed by atoms with Crippen LogP contribution in [0.5, 0.6) is 0 Å². The lowest BCUT2D eigenvalue weighted by Gasteiger charge is -2.11. The van der Waals surface area contributed by atoms with Gasteiger partial charge in [0, 0.05) is 63.4 Å². The first-order valence-electron chi connectivity index (χ1n) is 16.7. The Labute approximate surface area is 287 Å². The Kier molecular flexibility index (Phi) is 5.06. The molecule has 5 nitrogen and oxygen atoms in total.